The van der Waals surface area contributed by atoms with Gasteiger partial charge in [0, 0.05) is 12.6 Å². The summed E-state index contributed by atoms with van der Waals surface area (Å²) in [6, 6.07) is 0.163. The van der Waals surface area contributed by atoms with E-state index in [4.69, 9.17) is 4.74 Å². The molecule has 94 valence electrons. The average Bonchev–Trinajstić information content (AvgIpc) is 2.34. The smallest absolute Gasteiger partial charge is 0.372 e. The van der Waals surface area contributed by atoms with Crippen molar-refractivity contribution >= 4 is 11.5 Å². The number of likely N-dealkylation sites (N-methyl/N-ethyl adjacent to an activating group) is 1. The predicted octanol–water partition coefficient (Wildman–Crippen LogP) is 0.413. The van der Waals surface area contributed by atoms with Gasteiger partial charge in [-0.15, -0.1) is 0 Å². The first kappa shape index (κ1) is 13.1. The Morgan fingerprint density at radius 3 is 2.82 bits per heavy atom. The van der Waals surface area contributed by atoms with Crippen LogP contribution in [0.1, 0.15) is 6.92 Å². The summed E-state index contributed by atoms with van der Waals surface area (Å²) in [6.07, 6.45) is 1.22. The summed E-state index contributed by atoms with van der Waals surface area (Å²) in [5.41, 5.74) is -0.252. The second-order valence-corrected chi connectivity index (χ2v) is 3.41. The van der Waals surface area contributed by atoms with E-state index in [-0.39, 0.29) is 23.4 Å². The second-order valence-electron chi connectivity index (χ2n) is 3.41. The summed E-state index contributed by atoms with van der Waals surface area (Å²) in [7, 11) is 3.14. The van der Waals surface area contributed by atoms with Gasteiger partial charge in [-0.05, 0) is 14.0 Å². The maximum Gasteiger partial charge on any atom is 0.372 e. The Hall–Kier alpha value is -1.96. The molecular formula is C9H15N5O3. The number of nitrogens with zero attached hydrogens (tertiary/aromatic N) is 3. The minimum Gasteiger partial charge on any atom is -0.476 e. The lowest BCUT2D eigenvalue weighted by molar-refractivity contribution is -0.385. The molecule has 8 heteroatoms. The summed E-state index contributed by atoms with van der Waals surface area (Å²) in [5.74, 6) is 0.105. The molecule has 0 spiro atoms. The zero-order chi connectivity index (χ0) is 12.8. The van der Waals surface area contributed by atoms with Crippen molar-refractivity contribution in [3.63, 3.8) is 0 Å². The van der Waals surface area contributed by atoms with Crippen LogP contribution in [0, 0.1) is 10.1 Å². The van der Waals surface area contributed by atoms with E-state index in [1.54, 1.807) is 7.05 Å². The van der Waals surface area contributed by atoms with E-state index >= 15 is 0 Å². The molecule has 0 aliphatic carbocycles. The standard InChI is InChI=1S/C9H15N5O3/c1-6(10-2)4-11-8-7(14(15)16)9(17-3)13-5-12-8/h5-6,10H,4H2,1-3H3,(H,11,12,13). The molecule has 0 fully saturated rings. The molecule has 1 aromatic rings. The molecule has 1 heterocycles. The lowest BCUT2D eigenvalue weighted by Crippen LogP contribution is -2.29. The third-order valence-electron chi connectivity index (χ3n) is 2.23. The van der Waals surface area contributed by atoms with Gasteiger partial charge < -0.3 is 15.4 Å². The summed E-state index contributed by atoms with van der Waals surface area (Å²) >= 11 is 0. The Balaban J connectivity index is 2.94. The predicted molar refractivity (Wildman–Crippen MR) is 62.2 cm³/mol. The molecule has 0 saturated carbocycles. The van der Waals surface area contributed by atoms with E-state index in [1.807, 2.05) is 6.92 Å². The van der Waals surface area contributed by atoms with E-state index in [9.17, 15) is 10.1 Å². The van der Waals surface area contributed by atoms with E-state index < -0.39 is 4.92 Å². The minimum atomic E-state index is -0.564. The molecule has 0 saturated heterocycles. The Morgan fingerprint density at radius 1 is 1.59 bits per heavy atom. The Bertz CT molecular complexity index is 398. The SMILES string of the molecule is CNC(C)CNc1ncnc(OC)c1[N+](=O)[O-]. The Morgan fingerprint density at radius 2 is 2.29 bits per heavy atom. The van der Waals surface area contributed by atoms with E-state index in [0.717, 1.165) is 0 Å². The van der Waals surface area contributed by atoms with Gasteiger partial charge in [-0.25, -0.2) is 4.98 Å². The molecule has 17 heavy (non-hydrogen) atoms. The summed E-state index contributed by atoms with van der Waals surface area (Å²) in [4.78, 5) is 17.9. The second kappa shape index (κ2) is 5.94. The van der Waals surface area contributed by atoms with Gasteiger partial charge in [0.1, 0.15) is 6.33 Å². The highest BCUT2D eigenvalue weighted by Gasteiger charge is 2.23. The van der Waals surface area contributed by atoms with Crippen molar-refractivity contribution in [1.82, 2.24) is 15.3 Å². The first-order chi connectivity index (χ1) is 8.10. The molecular weight excluding hydrogens is 226 g/mol. The largest absolute Gasteiger partial charge is 0.476 e. The van der Waals surface area contributed by atoms with Crippen molar-refractivity contribution in [1.29, 1.82) is 0 Å². The van der Waals surface area contributed by atoms with Gasteiger partial charge in [0.25, 0.3) is 5.88 Å². The van der Waals surface area contributed by atoms with E-state index in [2.05, 4.69) is 20.6 Å². The molecule has 0 aromatic carbocycles. The summed E-state index contributed by atoms with van der Waals surface area (Å²) in [5, 5.41) is 16.8. The lowest BCUT2D eigenvalue weighted by Gasteiger charge is -2.12. The number of anilines is 1. The minimum absolute atomic E-state index is 0.0513. The molecule has 8 nitrogen and oxygen atoms in total. The molecule has 0 bridgehead atoms. The van der Waals surface area contributed by atoms with Crippen molar-refractivity contribution in [2.24, 2.45) is 0 Å². The highest BCUT2D eigenvalue weighted by molar-refractivity contribution is 5.61. The van der Waals surface area contributed by atoms with Gasteiger partial charge >= 0.3 is 5.69 Å². The molecule has 2 N–H and O–H groups in total. The van der Waals surface area contributed by atoms with Gasteiger partial charge in [0.05, 0.1) is 12.0 Å². The van der Waals surface area contributed by atoms with Crippen LogP contribution in [0.25, 0.3) is 0 Å². The van der Waals surface area contributed by atoms with Crippen LogP contribution in [0.15, 0.2) is 6.33 Å². The van der Waals surface area contributed by atoms with Crippen molar-refractivity contribution in [2.45, 2.75) is 13.0 Å². The van der Waals surface area contributed by atoms with Crippen molar-refractivity contribution in [2.75, 3.05) is 26.0 Å². The zero-order valence-corrected chi connectivity index (χ0v) is 9.93. The van der Waals surface area contributed by atoms with Crippen molar-refractivity contribution in [3.05, 3.63) is 16.4 Å². The highest BCUT2D eigenvalue weighted by atomic mass is 16.6. The first-order valence-corrected chi connectivity index (χ1v) is 5.04. The third-order valence-corrected chi connectivity index (χ3v) is 2.23. The van der Waals surface area contributed by atoms with Crippen molar-refractivity contribution in [3.8, 4) is 5.88 Å². The number of nitrogens with one attached hydrogen (secondary N) is 2. The van der Waals surface area contributed by atoms with Crippen LogP contribution in [0.2, 0.25) is 0 Å². The molecule has 1 aromatic heterocycles. The average molecular weight is 241 g/mol. The molecule has 1 atom stereocenters. The Kier molecular flexibility index (Phi) is 4.58. The van der Waals surface area contributed by atoms with Crippen LogP contribution in [0.5, 0.6) is 5.88 Å². The van der Waals surface area contributed by atoms with Gasteiger partial charge in [-0.1, -0.05) is 0 Å². The van der Waals surface area contributed by atoms with Gasteiger partial charge in [0.2, 0.25) is 5.82 Å². The fourth-order valence-electron chi connectivity index (χ4n) is 1.16. The molecule has 1 rings (SSSR count). The summed E-state index contributed by atoms with van der Waals surface area (Å²) in [6.45, 7) is 2.45. The quantitative estimate of drug-likeness (QED) is 0.549. The van der Waals surface area contributed by atoms with Gasteiger partial charge in [-0.2, -0.15) is 4.98 Å². The number of rotatable bonds is 6. The number of methoxy groups -OCH3 is 1. The number of aromatic nitrogens is 2. The fraction of sp³-hybridized carbons (Fsp3) is 0.556. The van der Waals surface area contributed by atoms with E-state index in [1.165, 1.54) is 13.4 Å². The maximum atomic E-state index is 10.9. The maximum absolute atomic E-state index is 10.9. The Labute approximate surface area is 98.6 Å². The highest BCUT2D eigenvalue weighted by Crippen LogP contribution is 2.30. The van der Waals surface area contributed by atoms with Gasteiger partial charge in [0.15, 0.2) is 0 Å². The topological polar surface area (TPSA) is 102 Å². The zero-order valence-electron chi connectivity index (χ0n) is 9.93. The van der Waals surface area contributed by atoms with Crippen LogP contribution in [-0.2, 0) is 0 Å². The molecule has 0 amide bonds. The number of hydrogen-bond acceptors (Lipinski definition) is 7. The number of nitro groups is 1. The summed E-state index contributed by atoms with van der Waals surface area (Å²) < 4.78 is 4.83. The normalized spacial score (nSPS) is 11.9. The lowest BCUT2D eigenvalue weighted by atomic mass is 10.3. The van der Waals surface area contributed by atoms with Gasteiger partial charge in [-0.3, -0.25) is 10.1 Å². The van der Waals surface area contributed by atoms with Crippen LogP contribution < -0.4 is 15.4 Å². The van der Waals surface area contributed by atoms with Crippen LogP contribution in [-0.4, -0.2) is 41.6 Å². The molecule has 0 radical (unpaired) electrons. The van der Waals surface area contributed by atoms with E-state index in [0.29, 0.717) is 6.54 Å². The molecule has 0 aliphatic heterocycles. The third kappa shape index (κ3) is 3.25. The molecule has 1 unspecified atom stereocenters. The monoisotopic (exact) mass is 241 g/mol. The van der Waals surface area contributed by atoms with Crippen molar-refractivity contribution < 1.29 is 9.66 Å². The number of hydrogen-bond donors (Lipinski definition) is 2. The number of ether oxygens (including phenoxy) is 1. The fourth-order valence-corrected chi connectivity index (χ4v) is 1.16. The van der Waals surface area contributed by atoms with Crippen LogP contribution >= 0.6 is 0 Å². The first-order valence-electron chi connectivity index (χ1n) is 5.04. The van der Waals surface area contributed by atoms with Crippen LogP contribution in [0.3, 0.4) is 0 Å². The van der Waals surface area contributed by atoms with Crippen LogP contribution in [0.4, 0.5) is 11.5 Å². The molecule has 0 aliphatic rings.